The van der Waals surface area contributed by atoms with Crippen molar-refractivity contribution in [3.05, 3.63) is 22.0 Å². The zero-order valence-corrected chi connectivity index (χ0v) is 7.26. The lowest BCUT2D eigenvalue weighted by Crippen LogP contribution is -2.10. The lowest BCUT2D eigenvalue weighted by atomic mass is 10.5. The van der Waals surface area contributed by atoms with E-state index in [0.717, 1.165) is 6.20 Å². The Balaban J connectivity index is 3.33. The number of imidazole rings is 1. The number of ether oxygens (including phenoxy) is 1. The summed E-state index contributed by atoms with van der Waals surface area (Å²) in [6.45, 7) is -1.32. The van der Waals surface area contributed by atoms with Crippen molar-refractivity contribution in [1.29, 1.82) is 0 Å². The molecular weight excluding hydrogens is 190 g/mol. The van der Waals surface area contributed by atoms with Crippen molar-refractivity contribution in [2.45, 2.75) is 6.92 Å². The number of hydrogen-bond donors (Lipinski definition) is 0. The molecule has 1 heterocycles. The van der Waals surface area contributed by atoms with Crippen molar-refractivity contribution in [3.63, 3.8) is 0 Å². The van der Waals surface area contributed by atoms with Crippen LogP contribution in [0.4, 0.5) is 5.95 Å². The number of esters is 1. The van der Waals surface area contributed by atoms with Crippen LogP contribution in [0.15, 0.2) is 6.20 Å². The van der Waals surface area contributed by atoms with E-state index in [4.69, 9.17) is 4.11 Å². The molecule has 7 heteroatoms. The Morgan fingerprint density at radius 1 is 1.93 bits per heavy atom. The minimum absolute atomic E-state index is 0.0266. The molecule has 0 amide bonds. The van der Waals surface area contributed by atoms with Gasteiger partial charge in [0.05, 0.1) is 17.7 Å². The van der Waals surface area contributed by atoms with Crippen molar-refractivity contribution in [3.8, 4) is 0 Å². The van der Waals surface area contributed by atoms with Gasteiger partial charge < -0.3 is 14.9 Å². The molecule has 0 bridgehead atoms. The summed E-state index contributed by atoms with van der Waals surface area (Å²) in [4.78, 5) is 24.3. The standard InChI is InChI=1S/C7H9N3O4/c1-3-14-6(11)5-4-8-7(9(5)2)10(12)13/h4H,3H2,1-2H3/i2D3. The van der Waals surface area contributed by atoms with Gasteiger partial charge in [-0.05, 0) is 11.8 Å². The molecule has 0 aliphatic carbocycles. The summed E-state index contributed by atoms with van der Waals surface area (Å²) in [5, 5.41) is 10.6. The van der Waals surface area contributed by atoms with Gasteiger partial charge in [-0.1, -0.05) is 4.98 Å². The number of nitrogens with zero attached hydrogens (tertiary/aromatic N) is 3. The van der Waals surface area contributed by atoms with E-state index in [1.165, 1.54) is 6.92 Å². The summed E-state index contributed by atoms with van der Waals surface area (Å²) in [5.41, 5.74) is -0.474. The smallest absolute Gasteiger partial charge is 0.435 e. The molecule has 0 saturated heterocycles. The fraction of sp³-hybridized carbons (Fsp3) is 0.429. The van der Waals surface area contributed by atoms with Crippen LogP contribution in [0, 0.1) is 10.1 Å². The molecule has 0 spiro atoms. The summed E-state index contributed by atoms with van der Waals surface area (Å²) in [5.74, 6) is -1.89. The van der Waals surface area contributed by atoms with Crippen LogP contribution in [0.2, 0.25) is 0 Å². The molecule has 0 aromatic carbocycles. The summed E-state index contributed by atoms with van der Waals surface area (Å²) < 4.78 is 26.3. The summed E-state index contributed by atoms with van der Waals surface area (Å²) >= 11 is 0. The second-order valence-corrected chi connectivity index (χ2v) is 2.26. The van der Waals surface area contributed by atoms with E-state index in [1.54, 1.807) is 0 Å². The topological polar surface area (TPSA) is 87.3 Å². The Hall–Kier alpha value is -1.92. The van der Waals surface area contributed by atoms with Crippen molar-refractivity contribution in [2.24, 2.45) is 6.98 Å². The zero-order chi connectivity index (χ0) is 13.2. The Bertz CT molecular complexity index is 454. The highest BCUT2D eigenvalue weighted by Gasteiger charge is 2.23. The molecule has 0 fully saturated rings. The van der Waals surface area contributed by atoms with Crippen molar-refractivity contribution < 1.29 is 18.6 Å². The molecule has 76 valence electrons. The van der Waals surface area contributed by atoms with Gasteiger partial charge in [-0.15, -0.1) is 0 Å². The molecule has 0 aliphatic heterocycles. The van der Waals surface area contributed by atoms with E-state index in [0.29, 0.717) is 0 Å². The summed E-state index contributed by atoms with van der Waals surface area (Å²) in [7, 11) is 0. The predicted molar refractivity (Wildman–Crippen MR) is 45.8 cm³/mol. The maximum Gasteiger partial charge on any atom is 0.435 e. The first-order valence-electron chi connectivity index (χ1n) is 5.18. The molecular formula is C7H9N3O4. The number of hydrogen-bond acceptors (Lipinski definition) is 5. The predicted octanol–water partition coefficient (Wildman–Crippen LogP) is 0.505. The van der Waals surface area contributed by atoms with E-state index >= 15 is 0 Å². The highest BCUT2D eigenvalue weighted by Crippen LogP contribution is 2.11. The first kappa shape index (κ1) is 6.52. The second kappa shape index (κ2) is 3.86. The Kier molecular flexibility index (Phi) is 1.80. The third-order valence-corrected chi connectivity index (χ3v) is 1.39. The summed E-state index contributed by atoms with van der Waals surface area (Å²) in [6, 6.07) is 0. The van der Waals surface area contributed by atoms with Gasteiger partial charge in [0.15, 0.2) is 6.20 Å². The Morgan fingerprint density at radius 2 is 2.64 bits per heavy atom. The van der Waals surface area contributed by atoms with E-state index < -0.39 is 29.5 Å². The normalized spacial score (nSPS) is 13.9. The van der Waals surface area contributed by atoms with Crippen LogP contribution in [0.1, 0.15) is 21.5 Å². The van der Waals surface area contributed by atoms with Crippen LogP contribution in [-0.2, 0) is 11.7 Å². The van der Waals surface area contributed by atoms with Gasteiger partial charge in [-0.3, -0.25) is 0 Å². The van der Waals surface area contributed by atoms with Crippen LogP contribution in [0.5, 0.6) is 0 Å². The third kappa shape index (κ3) is 1.70. The molecule has 0 unspecified atom stereocenters. The minimum Gasteiger partial charge on any atom is -0.460 e. The number of rotatable bonds is 3. The van der Waals surface area contributed by atoms with Gasteiger partial charge in [0, 0.05) is 0 Å². The quantitative estimate of drug-likeness (QED) is 0.404. The number of carbonyl (C=O) groups excluding carboxylic acids is 1. The molecule has 7 nitrogen and oxygen atoms in total. The first-order valence-corrected chi connectivity index (χ1v) is 3.68. The Morgan fingerprint density at radius 3 is 3.14 bits per heavy atom. The van der Waals surface area contributed by atoms with Gasteiger partial charge >= 0.3 is 11.9 Å². The Labute approximate surface area is 83.7 Å². The lowest BCUT2D eigenvalue weighted by Gasteiger charge is -1.99. The zero-order valence-electron chi connectivity index (χ0n) is 10.3. The van der Waals surface area contributed by atoms with Crippen LogP contribution in [-0.4, -0.2) is 27.1 Å². The summed E-state index contributed by atoms with van der Waals surface area (Å²) in [6.07, 6.45) is 0.808. The molecule has 14 heavy (non-hydrogen) atoms. The lowest BCUT2D eigenvalue weighted by molar-refractivity contribution is -0.396. The van der Waals surface area contributed by atoms with E-state index in [1.807, 2.05) is 0 Å². The van der Waals surface area contributed by atoms with E-state index in [-0.39, 0.29) is 11.2 Å². The van der Waals surface area contributed by atoms with Gasteiger partial charge in [0.25, 0.3) is 0 Å². The second-order valence-electron chi connectivity index (χ2n) is 2.26. The van der Waals surface area contributed by atoms with Crippen LogP contribution < -0.4 is 0 Å². The molecule has 1 rings (SSSR count). The number of nitro groups is 1. The number of aromatic nitrogens is 2. The highest BCUT2D eigenvalue weighted by molar-refractivity contribution is 5.87. The average molecular weight is 202 g/mol. The van der Waals surface area contributed by atoms with E-state index in [9.17, 15) is 14.9 Å². The van der Waals surface area contributed by atoms with Gasteiger partial charge in [-0.25, -0.2) is 9.36 Å². The highest BCUT2D eigenvalue weighted by atomic mass is 16.6. The molecule has 0 radical (unpaired) electrons. The van der Waals surface area contributed by atoms with Crippen LogP contribution in [0.3, 0.4) is 0 Å². The van der Waals surface area contributed by atoms with Gasteiger partial charge in [0.1, 0.15) is 0 Å². The first-order chi connectivity index (χ1) is 7.79. The van der Waals surface area contributed by atoms with Crippen molar-refractivity contribution in [2.75, 3.05) is 6.61 Å². The van der Waals surface area contributed by atoms with Gasteiger partial charge in [0.2, 0.25) is 5.69 Å². The van der Waals surface area contributed by atoms with Crippen molar-refractivity contribution in [1.82, 2.24) is 9.55 Å². The molecule has 0 saturated carbocycles. The van der Waals surface area contributed by atoms with E-state index in [2.05, 4.69) is 9.72 Å². The maximum atomic E-state index is 11.4. The fourth-order valence-corrected chi connectivity index (χ4v) is 0.820. The minimum atomic E-state index is -2.87. The average Bonchev–Trinajstić information content (AvgIpc) is 2.61. The van der Waals surface area contributed by atoms with Crippen molar-refractivity contribution >= 4 is 11.9 Å². The molecule has 0 atom stereocenters. The number of carbonyl (C=O) groups is 1. The fourth-order valence-electron chi connectivity index (χ4n) is 0.820. The van der Waals surface area contributed by atoms with Gasteiger partial charge in [-0.2, -0.15) is 0 Å². The largest absolute Gasteiger partial charge is 0.460 e. The molecule has 0 aliphatic rings. The van der Waals surface area contributed by atoms with Crippen LogP contribution in [0.25, 0.3) is 0 Å². The monoisotopic (exact) mass is 202 g/mol. The molecule has 0 N–H and O–H groups in total. The SMILES string of the molecule is [2H]C([2H])([2H])n1c(C(=O)OCC)cnc1[N+](=O)[O-]. The van der Waals surface area contributed by atoms with Crippen LogP contribution >= 0.6 is 0 Å². The maximum absolute atomic E-state index is 11.4. The molecule has 1 aromatic heterocycles. The third-order valence-electron chi connectivity index (χ3n) is 1.39. The molecule has 1 aromatic rings.